The number of carbonyl (C=O) groups excluding carboxylic acids is 2. The summed E-state index contributed by atoms with van der Waals surface area (Å²) in [6, 6.07) is 7.71. The summed E-state index contributed by atoms with van der Waals surface area (Å²) in [7, 11) is 0. The van der Waals surface area contributed by atoms with E-state index in [1.54, 1.807) is 41.6 Å². The fraction of sp³-hybridized carbons (Fsp3) is 0.364. The van der Waals surface area contributed by atoms with Gasteiger partial charge in [-0.25, -0.2) is 9.07 Å². The van der Waals surface area contributed by atoms with Crippen molar-refractivity contribution in [3.8, 4) is 0 Å². The van der Waals surface area contributed by atoms with Gasteiger partial charge in [-0.1, -0.05) is 28.9 Å². The number of benzene rings is 1. The molecular formula is C22H24ClFN6O3. The van der Waals surface area contributed by atoms with Gasteiger partial charge in [-0.2, -0.15) is 5.10 Å². The number of piperazine rings is 1. The molecule has 33 heavy (non-hydrogen) atoms. The summed E-state index contributed by atoms with van der Waals surface area (Å²) in [5, 5.41) is 11.1. The van der Waals surface area contributed by atoms with E-state index in [9.17, 15) is 14.0 Å². The molecule has 1 aliphatic rings. The Kier molecular flexibility index (Phi) is 6.75. The van der Waals surface area contributed by atoms with Crippen LogP contribution in [0.25, 0.3) is 0 Å². The van der Waals surface area contributed by atoms with E-state index < -0.39 is 0 Å². The minimum Gasteiger partial charge on any atom is -0.360 e. The first kappa shape index (κ1) is 22.9. The predicted octanol–water partition coefficient (Wildman–Crippen LogP) is 2.73. The van der Waals surface area contributed by atoms with Crippen molar-refractivity contribution in [1.82, 2.24) is 24.7 Å². The van der Waals surface area contributed by atoms with Crippen molar-refractivity contribution in [1.29, 1.82) is 0 Å². The number of nitrogens with one attached hydrogen (secondary N) is 1. The molecule has 2 aromatic heterocycles. The largest absolute Gasteiger partial charge is 0.360 e. The van der Waals surface area contributed by atoms with Crippen LogP contribution in [0.2, 0.25) is 5.15 Å². The fourth-order valence-corrected chi connectivity index (χ4v) is 4.06. The zero-order valence-corrected chi connectivity index (χ0v) is 19.1. The molecule has 0 saturated carbocycles. The van der Waals surface area contributed by atoms with Crippen LogP contribution in [0.5, 0.6) is 0 Å². The molecule has 1 aromatic carbocycles. The maximum atomic E-state index is 13.2. The number of aromatic nitrogens is 3. The molecule has 0 unspecified atom stereocenters. The molecule has 174 valence electrons. The van der Waals surface area contributed by atoms with E-state index in [0.29, 0.717) is 55.6 Å². The van der Waals surface area contributed by atoms with Crippen LogP contribution in [0.1, 0.15) is 27.4 Å². The highest BCUT2D eigenvalue weighted by atomic mass is 35.5. The van der Waals surface area contributed by atoms with Crippen LogP contribution in [-0.4, -0.2) is 69.3 Å². The molecule has 1 N–H and O–H groups in total. The summed E-state index contributed by atoms with van der Waals surface area (Å²) < 4.78 is 19.6. The maximum Gasteiger partial charge on any atom is 0.258 e. The quantitative estimate of drug-likeness (QED) is 0.590. The molecule has 11 heteroatoms. The van der Waals surface area contributed by atoms with Crippen LogP contribution < -0.4 is 5.32 Å². The van der Waals surface area contributed by atoms with Crippen LogP contribution in [-0.2, 0) is 11.3 Å². The molecule has 0 atom stereocenters. The van der Waals surface area contributed by atoms with Gasteiger partial charge < -0.3 is 14.7 Å². The Bertz CT molecular complexity index is 1150. The zero-order chi connectivity index (χ0) is 23.5. The maximum absolute atomic E-state index is 13.2. The van der Waals surface area contributed by atoms with Gasteiger partial charge in [0.15, 0.2) is 5.82 Å². The van der Waals surface area contributed by atoms with Crippen LogP contribution in [0.3, 0.4) is 0 Å². The monoisotopic (exact) mass is 474 g/mol. The Morgan fingerprint density at radius 1 is 1.15 bits per heavy atom. The van der Waals surface area contributed by atoms with Gasteiger partial charge in [0.2, 0.25) is 5.91 Å². The van der Waals surface area contributed by atoms with E-state index in [-0.39, 0.29) is 29.3 Å². The molecule has 1 saturated heterocycles. The van der Waals surface area contributed by atoms with Gasteiger partial charge in [0.05, 0.1) is 24.3 Å². The lowest BCUT2D eigenvalue weighted by molar-refractivity contribution is -0.117. The lowest BCUT2D eigenvalue weighted by Crippen LogP contribution is -2.50. The molecule has 0 bridgehead atoms. The molecule has 1 fully saturated rings. The number of halogens is 2. The second kappa shape index (κ2) is 9.72. The first-order chi connectivity index (χ1) is 15.8. The Morgan fingerprint density at radius 2 is 1.85 bits per heavy atom. The Hall–Kier alpha value is -3.24. The summed E-state index contributed by atoms with van der Waals surface area (Å²) in [6.45, 7) is 6.06. The predicted molar refractivity (Wildman–Crippen MR) is 120 cm³/mol. The Morgan fingerprint density at radius 3 is 2.48 bits per heavy atom. The molecule has 1 aliphatic heterocycles. The third-order valence-electron chi connectivity index (χ3n) is 5.45. The van der Waals surface area contributed by atoms with Gasteiger partial charge in [0, 0.05) is 32.2 Å². The number of nitrogens with zero attached hydrogens (tertiary/aromatic N) is 5. The van der Waals surface area contributed by atoms with Crippen molar-refractivity contribution in [3.63, 3.8) is 0 Å². The van der Waals surface area contributed by atoms with E-state index in [0.717, 1.165) is 5.56 Å². The van der Waals surface area contributed by atoms with Gasteiger partial charge >= 0.3 is 0 Å². The minimum atomic E-state index is -0.317. The first-order valence-corrected chi connectivity index (χ1v) is 10.9. The van der Waals surface area contributed by atoms with Crippen LogP contribution in [0, 0.1) is 19.7 Å². The number of aryl methyl sites for hydroxylation is 2. The molecule has 0 spiro atoms. The molecule has 0 radical (unpaired) electrons. The van der Waals surface area contributed by atoms with Crippen molar-refractivity contribution in [2.24, 2.45) is 0 Å². The first-order valence-electron chi connectivity index (χ1n) is 10.5. The summed E-state index contributed by atoms with van der Waals surface area (Å²) in [5.41, 5.74) is 1.73. The number of anilines is 1. The minimum absolute atomic E-state index is 0.190. The van der Waals surface area contributed by atoms with Gasteiger partial charge in [-0.3, -0.25) is 14.5 Å². The number of amides is 2. The van der Waals surface area contributed by atoms with E-state index >= 15 is 0 Å². The average molecular weight is 475 g/mol. The molecule has 2 amide bonds. The van der Waals surface area contributed by atoms with Crippen molar-refractivity contribution in [2.75, 3.05) is 38.0 Å². The normalized spacial score (nSPS) is 14.5. The smallest absolute Gasteiger partial charge is 0.258 e. The Balaban J connectivity index is 1.34. The summed E-state index contributed by atoms with van der Waals surface area (Å²) in [4.78, 5) is 29.1. The summed E-state index contributed by atoms with van der Waals surface area (Å²) in [6.07, 6.45) is 0. The molecule has 9 nitrogen and oxygen atoms in total. The number of hydrogen-bond acceptors (Lipinski definition) is 6. The second-order valence-corrected chi connectivity index (χ2v) is 8.33. The number of carbonyl (C=O) groups is 2. The standard InChI is InChI=1S/C22H24ClFN6O3/c1-14-11-18(27-33-14)25-19(31)13-28-7-9-29(10-8-28)22(32)20-15(2)26-30(21(20)23)12-16-3-5-17(24)6-4-16/h3-6,11H,7-10,12-13H2,1-2H3,(H,25,27,31). The van der Waals surface area contributed by atoms with Crippen LogP contribution in [0.4, 0.5) is 10.2 Å². The van der Waals surface area contributed by atoms with Crippen molar-refractivity contribution in [2.45, 2.75) is 20.4 Å². The van der Waals surface area contributed by atoms with E-state index in [4.69, 9.17) is 16.1 Å². The summed E-state index contributed by atoms with van der Waals surface area (Å²) in [5.74, 6) is 0.303. The highest BCUT2D eigenvalue weighted by molar-refractivity contribution is 6.33. The Labute approximate surface area is 195 Å². The molecule has 3 aromatic rings. The number of rotatable bonds is 6. The third-order valence-corrected chi connectivity index (χ3v) is 5.83. The molecular weight excluding hydrogens is 451 g/mol. The zero-order valence-electron chi connectivity index (χ0n) is 18.3. The van der Waals surface area contributed by atoms with Crippen LogP contribution >= 0.6 is 11.6 Å². The lowest BCUT2D eigenvalue weighted by atomic mass is 10.2. The average Bonchev–Trinajstić information content (AvgIpc) is 3.31. The van der Waals surface area contributed by atoms with Crippen molar-refractivity contribution >= 4 is 29.2 Å². The van der Waals surface area contributed by atoms with Crippen molar-refractivity contribution < 1.29 is 18.5 Å². The second-order valence-electron chi connectivity index (χ2n) is 7.97. The SMILES string of the molecule is Cc1cc(NC(=O)CN2CCN(C(=O)c3c(C)nn(Cc4ccc(F)cc4)c3Cl)CC2)no1. The topological polar surface area (TPSA) is 96.5 Å². The molecule has 4 rings (SSSR count). The summed E-state index contributed by atoms with van der Waals surface area (Å²) >= 11 is 6.50. The molecule has 0 aliphatic carbocycles. The highest BCUT2D eigenvalue weighted by Crippen LogP contribution is 2.23. The third kappa shape index (κ3) is 5.40. The van der Waals surface area contributed by atoms with Gasteiger partial charge in [-0.15, -0.1) is 0 Å². The van der Waals surface area contributed by atoms with Gasteiger partial charge in [-0.05, 0) is 31.5 Å². The van der Waals surface area contributed by atoms with Crippen LogP contribution in [0.15, 0.2) is 34.9 Å². The highest BCUT2D eigenvalue weighted by Gasteiger charge is 2.28. The fourth-order valence-electron chi connectivity index (χ4n) is 3.74. The van der Waals surface area contributed by atoms with E-state index in [1.165, 1.54) is 12.1 Å². The van der Waals surface area contributed by atoms with E-state index in [1.807, 2.05) is 4.90 Å². The van der Waals surface area contributed by atoms with Gasteiger partial charge in [0.25, 0.3) is 5.91 Å². The number of hydrogen-bond donors (Lipinski definition) is 1. The van der Waals surface area contributed by atoms with Gasteiger partial charge in [0.1, 0.15) is 16.7 Å². The van der Waals surface area contributed by atoms with E-state index in [2.05, 4.69) is 15.6 Å². The molecule has 3 heterocycles. The van der Waals surface area contributed by atoms with Crippen molar-refractivity contribution in [3.05, 3.63) is 63.9 Å². The lowest BCUT2D eigenvalue weighted by Gasteiger charge is -2.34.